The largest absolute Gasteiger partial charge is 0.508 e. The lowest BCUT2D eigenvalue weighted by molar-refractivity contribution is -0.164. The number of carboxylic acid groups (broad SMARTS) is 1. The highest BCUT2D eigenvalue weighted by Gasteiger charge is 2.37. The Morgan fingerprint density at radius 3 is 2.38 bits per heavy atom. The van der Waals surface area contributed by atoms with E-state index >= 15 is 0 Å². The first kappa shape index (κ1) is 22.5. The number of aromatic hydroxyl groups is 1. The summed E-state index contributed by atoms with van der Waals surface area (Å²) >= 11 is 0. The highest BCUT2D eigenvalue weighted by molar-refractivity contribution is 5.88. The van der Waals surface area contributed by atoms with Gasteiger partial charge in [0.1, 0.15) is 11.8 Å². The highest BCUT2D eigenvalue weighted by Crippen LogP contribution is 2.18. The number of aliphatic imine (C=N–C) groups is 1. The smallest absolute Gasteiger partial charge is 0.328 e. The zero-order valence-electron chi connectivity index (χ0n) is 17.2. The van der Waals surface area contributed by atoms with Crippen molar-refractivity contribution in [3.8, 4) is 5.75 Å². The van der Waals surface area contributed by atoms with Gasteiger partial charge in [-0.1, -0.05) is 42.5 Å². The summed E-state index contributed by atoms with van der Waals surface area (Å²) in [6, 6.07) is 13.0. The molecular weight excluding hydrogens is 412 g/mol. The van der Waals surface area contributed by atoms with Crippen molar-refractivity contribution < 1.29 is 24.6 Å². The van der Waals surface area contributed by atoms with Gasteiger partial charge < -0.3 is 15.5 Å². The molecule has 9 heteroatoms. The molecule has 0 unspecified atom stereocenters. The molecule has 0 aromatic heterocycles. The summed E-state index contributed by atoms with van der Waals surface area (Å²) in [5.74, 6) is -1.67. The van der Waals surface area contributed by atoms with Crippen molar-refractivity contribution >= 4 is 24.5 Å². The van der Waals surface area contributed by atoms with Gasteiger partial charge in [-0.05, 0) is 23.3 Å². The van der Waals surface area contributed by atoms with Gasteiger partial charge in [-0.2, -0.15) is 0 Å². The van der Waals surface area contributed by atoms with Gasteiger partial charge in [-0.15, -0.1) is 0 Å². The van der Waals surface area contributed by atoms with E-state index in [2.05, 4.69) is 10.3 Å². The number of rotatable bonds is 10. The van der Waals surface area contributed by atoms with Crippen LogP contribution < -0.4 is 5.32 Å². The van der Waals surface area contributed by atoms with Crippen molar-refractivity contribution in [3.05, 3.63) is 78.1 Å². The van der Waals surface area contributed by atoms with E-state index in [1.54, 1.807) is 42.6 Å². The van der Waals surface area contributed by atoms with Crippen LogP contribution in [-0.2, 0) is 27.2 Å². The van der Waals surface area contributed by atoms with Crippen LogP contribution in [0.25, 0.3) is 0 Å². The van der Waals surface area contributed by atoms with E-state index in [-0.39, 0.29) is 25.1 Å². The zero-order valence-corrected chi connectivity index (χ0v) is 17.2. The lowest BCUT2D eigenvalue weighted by atomic mass is 10.0. The van der Waals surface area contributed by atoms with Gasteiger partial charge in [-0.25, -0.2) is 9.80 Å². The molecule has 1 aliphatic heterocycles. The van der Waals surface area contributed by atoms with E-state index in [0.717, 1.165) is 5.56 Å². The van der Waals surface area contributed by atoms with Crippen molar-refractivity contribution in [3.63, 3.8) is 0 Å². The maximum Gasteiger partial charge on any atom is 0.328 e. The van der Waals surface area contributed by atoms with Gasteiger partial charge in [-0.3, -0.25) is 19.6 Å². The second-order valence-corrected chi connectivity index (χ2v) is 7.19. The third-order valence-electron chi connectivity index (χ3n) is 5.00. The molecule has 3 N–H and O–H groups in total. The average molecular weight is 436 g/mol. The number of amides is 2. The molecule has 0 spiro atoms. The van der Waals surface area contributed by atoms with Crippen LogP contribution in [0, 0.1) is 0 Å². The third kappa shape index (κ3) is 5.72. The van der Waals surface area contributed by atoms with E-state index in [1.165, 1.54) is 34.6 Å². The molecule has 3 rings (SSSR count). The van der Waals surface area contributed by atoms with Crippen molar-refractivity contribution in [1.29, 1.82) is 0 Å². The Hall–Kier alpha value is -4.14. The summed E-state index contributed by atoms with van der Waals surface area (Å²) in [4.78, 5) is 41.1. The first-order valence-electron chi connectivity index (χ1n) is 10.0. The summed E-state index contributed by atoms with van der Waals surface area (Å²) in [5.41, 5.74) is 1.45. The Kier molecular flexibility index (Phi) is 7.58. The topological polar surface area (TPSA) is 123 Å². The van der Waals surface area contributed by atoms with Gasteiger partial charge in [0.25, 0.3) is 5.91 Å². The first-order valence-corrected chi connectivity index (χ1v) is 10.0. The number of carbonyl (C=O) groups excluding carboxylic acids is 2. The number of nitrogens with zero attached hydrogens (tertiary/aromatic N) is 3. The first-order chi connectivity index (χ1) is 15.5. The molecule has 9 nitrogen and oxygen atoms in total. The van der Waals surface area contributed by atoms with Crippen molar-refractivity contribution in [2.75, 3.05) is 6.54 Å². The second kappa shape index (κ2) is 10.8. The maximum atomic E-state index is 13.6. The highest BCUT2D eigenvalue weighted by atomic mass is 16.4. The zero-order chi connectivity index (χ0) is 22.9. The third-order valence-corrected chi connectivity index (χ3v) is 5.00. The van der Waals surface area contributed by atoms with E-state index in [0.29, 0.717) is 12.0 Å². The van der Waals surface area contributed by atoms with Gasteiger partial charge in [0.2, 0.25) is 6.41 Å². The summed E-state index contributed by atoms with van der Waals surface area (Å²) in [7, 11) is 0. The fourth-order valence-corrected chi connectivity index (χ4v) is 3.43. The Morgan fingerprint density at radius 1 is 1.09 bits per heavy atom. The standard InChI is InChI=1S/C23H24N4O5/c28-16-25-20(14-18-6-8-19(29)9-7-18)22(30)27(26-12-10-24-11-13-26)21(23(31)32)15-17-4-2-1-3-5-17/h1-12,16,20-21,29H,13-15H2,(H,25,28)(H,31,32)/t20-,21-/m0/s1. The second-order valence-electron chi connectivity index (χ2n) is 7.19. The average Bonchev–Trinajstić information content (AvgIpc) is 2.81. The summed E-state index contributed by atoms with van der Waals surface area (Å²) < 4.78 is 0. The van der Waals surface area contributed by atoms with Gasteiger partial charge in [0.15, 0.2) is 6.04 Å². The lowest BCUT2D eigenvalue weighted by Crippen LogP contribution is -2.60. The van der Waals surface area contributed by atoms with Crippen LogP contribution in [0.15, 0.2) is 72.0 Å². The Bertz CT molecular complexity index is 991. The number of hydrogen-bond acceptors (Lipinski definition) is 6. The number of hydrazine groups is 1. The van der Waals surface area contributed by atoms with Gasteiger partial charge >= 0.3 is 5.97 Å². The van der Waals surface area contributed by atoms with Crippen molar-refractivity contribution in [2.45, 2.75) is 24.9 Å². The van der Waals surface area contributed by atoms with Gasteiger partial charge in [0, 0.05) is 31.5 Å². The van der Waals surface area contributed by atoms with Crippen LogP contribution in [0.5, 0.6) is 5.75 Å². The molecule has 1 heterocycles. The predicted molar refractivity (Wildman–Crippen MR) is 118 cm³/mol. The summed E-state index contributed by atoms with van der Waals surface area (Å²) in [5, 5.41) is 24.7. The monoisotopic (exact) mass is 436 g/mol. The van der Waals surface area contributed by atoms with E-state index in [1.807, 2.05) is 6.07 Å². The molecule has 1 aliphatic rings. The molecule has 2 atom stereocenters. The molecule has 2 amide bonds. The lowest BCUT2D eigenvalue weighted by Gasteiger charge is -2.39. The normalized spacial score (nSPS) is 14.4. The molecule has 0 aliphatic carbocycles. The fourth-order valence-electron chi connectivity index (χ4n) is 3.43. The number of carboxylic acids is 1. The van der Waals surface area contributed by atoms with Crippen LogP contribution in [-0.4, -0.2) is 63.4 Å². The number of phenolic OH excluding ortho intramolecular Hbond substituents is 1. The molecular formula is C23H24N4O5. The number of benzene rings is 2. The maximum absolute atomic E-state index is 13.6. The summed E-state index contributed by atoms with van der Waals surface area (Å²) in [6.07, 6.45) is 5.17. The van der Waals surface area contributed by atoms with Crippen molar-refractivity contribution in [1.82, 2.24) is 15.3 Å². The molecule has 0 fully saturated rings. The summed E-state index contributed by atoms with van der Waals surface area (Å²) in [6.45, 7) is 0.202. The Morgan fingerprint density at radius 2 is 1.78 bits per heavy atom. The molecule has 0 bridgehead atoms. The molecule has 0 radical (unpaired) electrons. The molecule has 2 aromatic carbocycles. The van der Waals surface area contributed by atoms with Crippen LogP contribution in [0.3, 0.4) is 0 Å². The number of aliphatic carboxylic acids is 1. The molecule has 0 saturated carbocycles. The minimum atomic E-state index is -1.21. The molecule has 2 aromatic rings. The SMILES string of the molecule is O=CN[C@@H](Cc1ccc(O)cc1)C(=O)N([C@@H](Cc1ccccc1)C(=O)O)N1C=CN=CC1. The van der Waals surface area contributed by atoms with Crippen LogP contribution in [0.1, 0.15) is 11.1 Å². The number of hydrogen-bond donors (Lipinski definition) is 3. The Balaban J connectivity index is 1.93. The van der Waals surface area contributed by atoms with Crippen LogP contribution in [0.4, 0.5) is 0 Å². The quantitative estimate of drug-likeness (QED) is 0.483. The van der Waals surface area contributed by atoms with E-state index in [4.69, 9.17) is 0 Å². The number of nitrogens with one attached hydrogen (secondary N) is 1. The number of carbonyl (C=O) groups is 3. The minimum Gasteiger partial charge on any atom is -0.508 e. The van der Waals surface area contributed by atoms with Crippen LogP contribution in [0.2, 0.25) is 0 Å². The molecule has 166 valence electrons. The minimum absolute atomic E-state index is 0.0770. The Labute approximate surface area is 185 Å². The fraction of sp³-hybridized carbons (Fsp3) is 0.217. The van der Waals surface area contributed by atoms with E-state index in [9.17, 15) is 24.6 Å². The molecule has 32 heavy (non-hydrogen) atoms. The van der Waals surface area contributed by atoms with E-state index < -0.39 is 24.0 Å². The number of phenols is 1. The van der Waals surface area contributed by atoms with Crippen molar-refractivity contribution in [2.24, 2.45) is 4.99 Å². The van der Waals surface area contributed by atoms with Gasteiger partial charge in [0.05, 0.1) is 6.54 Å². The van der Waals surface area contributed by atoms with Crippen LogP contribution >= 0.6 is 0 Å². The predicted octanol–water partition coefficient (Wildman–Crippen LogP) is 1.35. The molecule has 0 saturated heterocycles.